The summed E-state index contributed by atoms with van der Waals surface area (Å²) >= 11 is 3.52. The van der Waals surface area contributed by atoms with Crippen LogP contribution < -0.4 is 0 Å². The van der Waals surface area contributed by atoms with Crippen LogP contribution >= 0.6 is 15.9 Å². The van der Waals surface area contributed by atoms with Crippen LogP contribution in [-0.4, -0.2) is 16.0 Å². The van der Waals surface area contributed by atoms with Crippen LogP contribution in [0.5, 0.6) is 0 Å². The number of rotatable bonds is 20. The van der Waals surface area contributed by atoms with Crippen molar-refractivity contribution in [2.45, 2.75) is 141 Å². The van der Waals surface area contributed by atoms with Crippen LogP contribution in [0.3, 0.4) is 0 Å². The quantitative estimate of drug-likeness (QED) is 0.155. The monoisotopic (exact) mass is 418 g/mol. The summed E-state index contributed by atoms with van der Waals surface area (Å²) < 4.78 is 0. The highest BCUT2D eigenvalue weighted by Gasteiger charge is 2.25. The molecule has 0 aromatic rings. The maximum atomic E-state index is 11.1. The summed E-state index contributed by atoms with van der Waals surface area (Å²) in [6, 6.07) is 0. The standard InChI is InChI=1S/C23H47BrO/c1-3-5-7-9-11-12-14-16-20-23(25,21-17-18-22-24)19-15-13-10-8-6-4-2/h25H,3-22H2,1-2H3. The Labute approximate surface area is 167 Å². The molecular weight excluding hydrogens is 372 g/mol. The average Bonchev–Trinajstić information content (AvgIpc) is 2.61. The van der Waals surface area contributed by atoms with E-state index in [1.54, 1.807) is 0 Å². The molecule has 0 saturated heterocycles. The number of hydrogen-bond acceptors (Lipinski definition) is 1. The minimum absolute atomic E-state index is 0.380. The fraction of sp³-hybridized carbons (Fsp3) is 1.00. The molecule has 0 aliphatic heterocycles. The van der Waals surface area contributed by atoms with Gasteiger partial charge < -0.3 is 5.11 Å². The van der Waals surface area contributed by atoms with E-state index in [1.165, 1.54) is 96.3 Å². The molecule has 0 fully saturated rings. The van der Waals surface area contributed by atoms with Crippen LogP contribution in [0.25, 0.3) is 0 Å². The molecule has 2 heteroatoms. The largest absolute Gasteiger partial charge is 0.390 e. The molecule has 0 spiro atoms. The van der Waals surface area contributed by atoms with Gasteiger partial charge in [0.25, 0.3) is 0 Å². The second kappa shape index (κ2) is 19.2. The van der Waals surface area contributed by atoms with E-state index in [0.717, 1.165) is 31.0 Å². The van der Waals surface area contributed by atoms with E-state index < -0.39 is 0 Å². The Hall–Kier alpha value is 0.440. The fourth-order valence-electron chi connectivity index (χ4n) is 3.75. The van der Waals surface area contributed by atoms with Gasteiger partial charge in [-0.2, -0.15) is 0 Å². The van der Waals surface area contributed by atoms with Gasteiger partial charge >= 0.3 is 0 Å². The lowest BCUT2D eigenvalue weighted by Crippen LogP contribution is -2.28. The third-order valence-corrected chi connectivity index (χ3v) is 6.08. The van der Waals surface area contributed by atoms with Crippen LogP contribution in [0.1, 0.15) is 136 Å². The summed E-state index contributed by atoms with van der Waals surface area (Å²) in [4.78, 5) is 0. The lowest BCUT2D eigenvalue weighted by atomic mass is 9.85. The Balaban J connectivity index is 3.88. The van der Waals surface area contributed by atoms with Gasteiger partial charge in [-0.3, -0.25) is 0 Å². The maximum Gasteiger partial charge on any atom is 0.0647 e. The van der Waals surface area contributed by atoms with Crippen LogP contribution in [0.15, 0.2) is 0 Å². The van der Waals surface area contributed by atoms with Gasteiger partial charge in [0.05, 0.1) is 5.60 Å². The molecule has 0 aromatic carbocycles. The first-order valence-electron chi connectivity index (χ1n) is 11.5. The first-order valence-corrected chi connectivity index (χ1v) is 12.6. The summed E-state index contributed by atoms with van der Waals surface area (Å²) in [5.41, 5.74) is -0.380. The molecule has 25 heavy (non-hydrogen) atoms. The first-order chi connectivity index (χ1) is 12.2. The smallest absolute Gasteiger partial charge is 0.0647 e. The van der Waals surface area contributed by atoms with Gasteiger partial charge in [-0.15, -0.1) is 0 Å². The van der Waals surface area contributed by atoms with Crippen molar-refractivity contribution in [3.63, 3.8) is 0 Å². The third kappa shape index (κ3) is 17.6. The Bertz CT molecular complexity index is 256. The summed E-state index contributed by atoms with van der Waals surface area (Å²) in [5.74, 6) is 0. The number of unbranched alkanes of at least 4 members (excludes halogenated alkanes) is 13. The number of hydrogen-bond donors (Lipinski definition) is 1. The van der Waals surface area contributed by atoms with Gasteiger partial charge in [-0.1, -0.05) is 120 Å². The minimum Gasteiger partial charge on any atom is -0.390 e. The number of aliphatic hydroxyl groups is 1. The lowest BCUT2D eigenvalue weighted by molar-refractivity contribution is 0.00755. The third-order valence-electron chi connectivity index (χ3n) is 5.52. The number of alkyl halides is 1. The molecule has 1 unspecified atom stereocenters. The molecule has 0 amide bonds. The Morgan fingerprint density at radius 2 is 0.840 bits per heavy atom. The Kier molecular flexibility index (Phi) is 19.5. The molecule has 0 heterocycles. The predicted molar refractivity (Wildman–Crippen MR) is 118 cm³/mol. The van der Waals surface area contributed by atoms with Crippen molar-refractivity contribution in [2.75, 3.05) is 5.33 Å². The van der Waals surface area contributed by atoms with Gasteiger partial charge in [0.1, 0.15) is 0 Å². The fourth-order valence-corrected chi connectivity index (χ4v) is 4.14. The second-order valence-electron chi connectivity index (χ2n) is 8.11. The van der Waals surface area contributed by atoms with Crippen molar-refractivity contribution in [2.24, 2.45) is 0 Å². The van der Waals surface area contributed by atoms with Gasteiger partial charge in [-0.05, 0) is 32.1 Å². The van der Waals surface area contributed by atoms with E-state index in [4.69, 9.17) is 0 Å². The molecule has 0 aromatic heterocycles. The van der Waals surface area contributed by atoms with E-state index in [-0.39, 0.29) is 5.60 Å². The van der Waals surface area contributed by atoms with Gasteiger partial charge in [0.15, 0.2) is 0 Å². The zero-order chi connectivity index (χ0) is 18.6. The highest BCUT2D eigenvalue weighted by Crippen LogP contribution is 2.28. The maximum absolute atomic E-state index is 11.1. The average molecular weight is 420 g/mol. The molecule has 1 N–H and O–H groups in total. The molecule has 0 aliphatic carbocycles. The topological polar surface area (TPSA) is 20.2 Å². The summed E-state index contributed by atoms with van der Waals surface area (Å²) in [6.07, 6.45) is 24.1. The van der Waals surface area contributed by atoms with Crippen molar-refractivity contribution < 1.29 is 5.11 Å². The normalized spacial score (nSPS) is 13.9. The van der Waals surface area contributed by atoms with Gasteiger partial charge in [0, 0.05) is 5.33 Å². The molecule has 0 saturated carbocycles. The molecule has 0 radical (unpaired) electrons. The Morgan fingerprint density at radius 3 is 1.20 bits per heavy atom. The van der Waals surface area contributed by atoms with Crippen LogP contribution in [0.4, 0.5) is 0 Å². The van der Waals surface area contributed by atoms with Gasteiger partial charge in [-0.25, -0.2) is 0 Å². The summed E-state index contributed by atoms with van der Waals surface area (Å²) in [6.45, 7) is 4.55. The first kappa shape index (κ1) is 25.4. The zero-order valence-electron chi connectivity index (χ0n) is 17.5. The minimum atomic E-state index is -0.380. The molecular formula is C23H47BrO. The van der Waals surface area contributed by atoms with E-state index in [9.17, 15) is 5.11 Å². The summed E-state index contributed by atoms with van der Waals surface area (Å²) in [7, 11) is 0. The molecule has 1 nitrogen and oxygen atoms in total. The van der Waals surface area contributed by atoms with Crippen molar-refractivity contribution in [1.29, 1.82) is 0 Å². The molecule has 0 rings (SSSR count). The van der Waals surface area contributed by atoms with Crippen LogP contribution in [-0.2, 0) is 0 Å². The van der Waals surface area contributed by atoms with Crippen molar-refractivity contribution in [1.82, 2.24) is 0 Å². The van der Waals surface area contributed by atoms with Crippen LogP contribution in [0.2, 0.25) is 0 Å². The van der Waals surface area contributed by atoms with E-state index in [0.29, 0.717) is 0 Å². The highest BCUT2D eigenvalue weighted by atomic mass is 79.9. The molecule has 0 bridgehead atoms. The second-order valence-corrected chi connectivity index (χ2v) is 8.91. The predicted octanol–water partition coefficient (Wildman–Crippen LogP) is 8.56. The van der Waals surface area contributed by atoms with Crippen molar-refractivity contribution in [3.05, 3.63) is 0 Å². The van der Waals surface area contributed by atoms with Crippen LogP contribution in [0, 0.1) is 0 Å². The van der Waals surface area contributed by atoms with Gasteiger partial charge in [0.2, 0.25) is 0 Å². The van der Waals surface area contributed by atoms with Crippen molar-refractivity contribution in [3.8, 4) is 0 Å². The molecule has 0 aliphatic rings. The molecule has 1 atom stereocenters. The summed E-state index contributed by atoms with van der Waals surface area (Å²) in [5, 5.41) is 12.2. The van der Waals surface area contributed by atoms with E-state index >= 15 is 0 Å². The zero-order valence-corrected chi connectivity index (χ0v) is 19.1. The number of halogens is 1. The lowest BCUT2D eigenvalue weighted by Gasteiger charge is -2.28. The SMILES string of the molecule is CCCCCCCCCCC(O)(CCCCBr)CCCCCCCC. The Morgan fingerprint density at radius 1 is 0.520 bits per heavy atom. The molecule has 152 valence electrons. The van der Waals surface area contributed by atoms with E-state index in [1.807, 2.05) is 0 Å². The van der Waals surface area contributed by atoms with Crippen molar-refractivity contribution >= 4 is 15.9 Å². The highest BCUT2D eigenvalue weighted by molar-refractivity contribution is 9.09. The van der Waals surface area contributed by atoms with E-state index in [2.05, 4.69) is 29.8 Å².